The summed E-state index contributed by atoms with van der Waals surface area (Å²) in [4.78, 5) is 13.7. The minimum atomic E-state index is -0.433. The van der Waals surface area contributed by atoms with Crippen LogP contribution in [0.3, 0.4) is 0 Å². The third-order valence-electron chi connectivity index (χ3n) is 3.87. The van der Waals surface area contributed by atoms with Gasteiger partial charge in [0.15, 0.2) is 10.9 Å². The van der Waals surface area contributed by atoms with Gasteiger partial charge in [-0.3, -0.25) is 5.10 Å². The molecule has 24 heavy (non-hydrogen) atoms. The number of aryl methyl sites for hydroxylation is 1. The highest BCUT2D eigenvalue weighted by atomic mass is 32.1. The zero-order valence-corrected chi connectivity index (χ0v) is 13.9. The van der Waals surface area contributed by atoms with E-state index in [2.05, 4.69) is 37.4 Å². The molecular formula is C15H15FN6OS. The SMILES string of the molecule is CCC1OCc2sc(Nc3ncc(F)c(C)n3)nc2-c2cn[nH]c21. The van der Waals surface area contributed by atoms with Crippen molar-refractivity contribution < 1.29 is 9.13 Å². The van der Waals surface area contributed by atoms with Crippen molar-refractivity contribution in [1.29, 1.82) is 0 Å². The van der Waals surface area contributed by atoms with Crippen LogP contribution >= 0.6 is 11.3 Å². The first-order valence-electron chi connectivity index (χ1n) is 7.56. The van der Waals surface area contributed by atoms with Gasteiger partial charge in [-0.2, -0.15) is 5.10 Å². The summed E-state index contributed by atoms with van der Waals surface area (Å²) < 4.78 is 19.2. The standard InChI is InChI=1S/C15H15FN6OS/c1-3-10-12-8(4-18-22-12)13-11(6-23-10)24-15(20-13)21-14-17-5-9(16)7(2)19-14/h4-5,10H,3,6H2,1-2H3,(H,18,22)(H,17,19,20,21). The van der Waals surface area contributed by atoms with E-state index in [0.717, 1.165) is 34.4 Å². The number of aromatic nitrogens is 5. The largest absolute Gasteiger partial charge is 0.366 e. The number of hydrogen-bond acceptors (Lipinski definition) is 7. The van der Waals surface area contributed by atoms with E-state index < -0.39 is 5.82 Å². The second kappa shape index (κ2) is 5.91. The van der Waals surface area contributed by atoms with Gasteiger partial charge in [-0.1, -0.05) is 18.3 Å². The topological polar surface area (TPSA) is 88.6 Å². The average molecular weight is 346 g/mol. The lowest BCUT2D eigenvalue weighted by atomic mass is 10.1. The Morgan fingerprint density at radius 3 is 3.08 bits per heavy atom. The predicted molar refractivity (Wildman–Crippen MR) is 87.5 cm³/mol. The van der Waals surface area contributed by atoms with Gasteiger partial charge in [0.1, 0.15) is 0 Å². The van der Waals surface area contributed by atoms with Crippen molar-refractivity contribution >= 4 is 22.4 Å². The molecule has 0 radical (unpaired) electrons. The molecule has 2 N–H and O–H groups in total. The molecule has 0 bridgehead atoms. The van der Waals surface area contributed by atoms with Crippen molar-refractivity contribution in [2.75, 3.05) is 5.32 Å². The van der Waals surface area contributed by atoms with E-state index in [0.29, 0.717) is 17.7 Å². The smallest absolute Gasteiger partial charge is 0.229 e. The van der Waals surface area contributed by atoms with Crippen molar-refractivity contribution in [2.45, 2.75) is 33.0 Å². The Kier molecular flexibility index (Phi) is 3.73. The van der Waals surface area contributed by atoms with Gasteiger partial charge in [0.25, 0.3) is 0 Å². The average Bonchev–Trinajstić information content (AvgIpc) is 3.16. The summed E-state index contributed by atoms with van der Waals surface area (Å²) in [5.74, 6) is -0.116. The second-order valence-electron chi connectivity index (χ2n) is 5.45. The molecule has 1 aliphatic heterocycles. The Morgan fingerprint density at radius 1 is 1.42 bits per heavy atom. The summed E-state index contributed by atoms with van der Waals surface area (Å²) in [5, 5.41) is 10.8. The van der Waals surface area contributed by atoms with Gasteiger partial charge in [0.05, 0.1) is 47.1 Å². The van der Waals surface area contributed by atoms with Gasteiger partial charge >= 0.3 is 0 Å². The summed E-state index contributed by atoms with van der Waals surface area (Å²) >= 11 is 1.47. The zero-order chi connectivity index (χ0) is 16.7. The van der Waals surface area contributed by atoms with Crippen LogP contribution in [-0.2, 0) is 11.3 Å². The molecule has 0 saturated heterocycles. The second-order valence-corrected chi connectivity index (χ2v) is 6.53. The van der Waals surface area contributed by atoms with Crippen LogP contribution in [0, 0.1) is 12.7 Å². The van der Waals surface area contributed by atoms with Crippen molar-refractivity contribution in [3.05, 3.63) is 34.5 Å². The highest BCUT2D eigenvalue weighted by molar-refractivity contribution is 7.16. The predicted octanol–water partition coefficient (Wildman–Crippen LogP) is 3.50. The number of rotatable bonds is 3. The van der Waals surface area contributed by atoms with E-state index in [4.69, 9.17) is 4.74 Å². The maximum Gasteiger partial charge on any atom is 0.229 e. The molecule has 124 valence electrons. The van der Waals surface area contributed by atoms with E-state index in [1.54, 1.807) is 13.1 Å². The van der Waals surface area contributed by atoms with Crippen molar-refractivity contribution in [3.63, 3.8) is 0 Å². The highest BCUT2D eigenvalue weighted by Crippen LogP contribution is 2.40. The number of hydrogen-bond donors (Lipinski definition) is 2. The molecule has 0 fully saturated rings. The highest BCUT2D eigenvalue weighted by Gasteiger charge is 2.27. The normalized spacial score (nSPS) is 16.4. The minimum Gasteiger partial charge on any atom is -0.366 e. The lowest BCUT2D eigenvalue weighted by Crippen LogP contribution is -2.02. The number of nitrogens with zero attached hydrogens (tertiary/aromatic N) is 4. The first-order valence-corrected chi connectivity index (χ1v) is 8.38. The molecule has 0 aromatic carbocycles. The van der Waals surface area contributed by atoms with Gasteiger partial charge in [-0.05, 0) is 13.3 Å². The Balaban J connectivity index is 1.68. The Bertz CT molecular complexity index is 892. The molecule has 1 aliphatic rings. The van der Waals surface area contributed by atoms with Crippen molar-refractivity contribution in [3.8, 4) is 11.3 Å². The maximum atomic E-state index is 13.3. The fourth-order valence-electron chi connectivity index (χ4n) is 2.63. The third kappa shape index (κ3) is 2.55. The van der Waals surface area contributed by atoms with Gasteiger partial charge in [-0.15, -0.1) is 0 Å². The van der Waals surface area contributed by atoms with Crippen LogP contribution in [0.5, 0.6) is 0 Å². The van der Waals surface area contributed by atoms with Crippen LogP contribution in [0.4, 0.5) is 15.5 Å². The summed E-state index contributed by atoms with van der Waals surface area (Å²) in [6.07, 6.45) is 3.76. The molecule has 9 heteroatoms. The molecule has 3 aromatic heterocycles. The van der Waals surface area contributed by atoms with Crippen molar-refractivity contribution in [1.82, 2.24) is 25.1 Å². The van der Waals surface area contributed by atoms with Crippen LogP contribution in [0.2, 0.25) is 0 Å². The minimum absolute atomic E-state index is 0.0107. The van der Waals surface area contributed by atoms with Gasteiger partial charge in [0.2, 0.25) is 5.95 Å². The van der Waals surface area contributed by atoms with Gasteiger partial charge in [0, 0.05) is 5.56 Å². The first-order chi connectivity index (χ1) is 11.7. The number of anilines is 2. The number of thiazole rings is 1. The Morgan fingerprint density at radius 2 is 2.29 bits per heavy atom. The zero-order valence-electron chi connectivity index (χ0n) is 13.1. The van der Waals surface area contributed by atoms with Crippen LogP contribution in [-0.4, -0.2) is 25.1 Å². The van der Waals surface area contributed by atoms with E-state index >= 15 is 0 Å². The molecule has 1 atom stereocenters. The lowest BCUT2D eigenvalue weighted by molar-refractivity contribution is 0.0381. The molecular weight excluding hydrogens is 331 g/mol. The van der Waals surface area contributed by atoms with E-state index in [-0.39, 0.29) is 11.8 Å². The number of halogens is 1. The first kappa shape index (κ1) is 15.2. The van der Waals surface area contributed by atoms with Gasteiger partial charge in [-0.25, -0.2) is 19.3 Å². The number of ether oxygens (including phenoxy) is 1. The Hall–Kier alpha value is -2.39. The molecule has 0 spiro atoms. The summed E-state index contributed by atoms with van der Waals surface area (Å²) in [6, 6.07) is 0. The fourth-order valence-corrected chi connectivity index (χ4v) is 3.53. The molecule has 0 aliphatic carbocycles. The Labute approximate surface area is 141 Å². The van der Waals surface area contributed by atoms with Crippen LogP contribution in [0.1, 0.15) is 35.7 Å². The maximum absolute atomic E-state index is 13.3. The lowest BCUT2D eigenvalue weighted by Gasteiger charge is -2.12. The van der Waals surface area contributed by atoms with Crippen LogP contribution in [0.25, 0.3) is 11.3 Å². The van der Waals surface area contributed by atoms with Crippen molar-refractivity contribution in [2.24, 2.45) is 0 Å². The molecule has 0 amide bonds. The number of aromatic amines is 1. The van der Waals surface area contributed by atoms with E-state index in [9.17, 15) is 4.39 Å². The summed E-state index contributed by atoms with van der Waals surface area (Å²) in [7, 11) is 0. The molecule has 3 aromatic rings. The van der Waals surface area contributed by atoms with Crippen LogP contribution < -0.4 is 5.32 Å². The molecule has 0 saturated carbocycles. The fraction of sp³-hybridized carbons (Fsp3) is 0.333. The molecule has 4 rings (SSSR count). The van der Waals surface area contributed by atoms with E-state index in [1.807, 2.05) is 0 Å². The number of H-pyrrole nitrogens is 1. The number of fused-ring (bicyclic) bond motifs is 3. The van der Waals surface area contributed by atoms with Gasteiger partial charge < -0.3 is 10.1 Å². The molecule has 4 heterocycles. The molecule has 7 nitrogen and oxygen atoms in total. The third-order valence-corrected chi connectivity index (χ3v) is 4.81. The summed E-state index contributed by atoms with van der Waals surface area (Å²) in [6.45, 7) is 4.15. The van der Waals surface area contributed by atoms with Crippen LogP contribution in [0.15, 0.2) is 12.4 Å². The summed E-state index contributed by atoms with van der Waals surface area (Å²) in [5.41, 5.74) is 3.04. The number of nitrogens with one attached hydrogen (secondary N) is 2. The quantitative estimate of drug-likeness (QED) is 0.754. The van der Waals surface area contributed by atoms with E-state index in [1.165, 1.54) is 11.3 Å². The molecule has 1 unspecified atom stereocenters. The monoisotopic (exact) mass is 346 g/mol.